The minimum absolute atomic E-state index is 0.0277. The normalized spacial score (nSPS) is 14.6. The molecule has 1 N–H and O–H groups in total. The van der Waals surface area contributed by atoms with Gasteiger partial charge in [0.15, 0.2) is 0 Å². The summed E-state index contributed by atoms with van der Waals surface area (Å²) < 4.78 is 6.63. The van der Waals surface area contributed by atoms with Crippen molar-refractivity contribution in [2.24, 2.45) is 0 Å². The standard InChI is InChI=1S/C28H24BrN3O6/c1-4-38-25-14-19(13-24(29)22(25)11-18-9-16(2)8-17(3)10-18)12-23-26(33)30-28(35)31(27(23)34)20-6-5-7-21(15-20)32(36)37/h5-10,12-15H,4,11H2,1-3H3,(H,30,33,35)/b23-12+. The molecule has 10 heteroatoms. The van der Waals surface area contributed by atoms with Crippen molar-refractivity contribution in [1.82, 2.24) is 5.32 Å². The molecule has 0 atom stereocenters. The van der Waals surface area contributed by atoms with E-state index in [0.29, 0.717) is 29.2 Å². The Morgan fingerprint density at radius 1 is 1.05 bits per heavy atom. The number of barbiturate groups is 1. The van der Waals surface area contributed by atoms with Gasteiger partial charge in [-0.3, -0.25) is 25.0 Å². The number of hydrogen-bond acceptors (Lipinski definition) is 6. The number of ether oxygens (including phenoxy) is 1. The number of halogens is 1. The molecule has 0 saturated carbocycles. The third kappa shape index (κ3) is 5.65. The first kappa shape index (κ1) is 26.7. The van der Waals surface area contributed by atoms with E-state index in [9.17, 15) is 24.5 Å². The lowest BCUT2D eigenvalue weighted by atomic mass is 9.98. The number of benzene rings is 3. The largest absolute Gasteiger partial charge is 0.494 e. The summed E-state index contributed by atoms with van der Waals surface area (Å²) in [6.45, 7) is 6.34. The van der Waals surface area contributed by atoms with E-state index in [1.807, 2.05) is 20.8 Å². The van der Waals surface area contributed by atoms with Gasteiger partial charge in [-0.15, -0.1) is 0 Å². The van der Waals surface area contributed by atoms with Crippen LogP contribution in [0.25, 0.3) is 6.08 Å². The van der Waals surface area contributed by atoms with Crippen LogP contribution in [0.2, 0.25) is 0 Å². The number of carbonyl (C=O) groups excluding carboxylic acids is 3. The molecule has 4 rings (SSSR count). The molecule has 3 aromatic carbocycles. The molecule has 1 saturated heterocycles. The molecule has 1 aliphatic heterocycles. The lowest BCUT2D eigenvalue weighted by Gasteiger charge is -2.26. The summed E-state index contributed by atoms with van der Waals surface area (Å²) in [6.07, 6.45) is 1.96. The number of aryl methyl sites for hydroxylation is 2. The Hall–Kier alpha value is -4.31. The Balaban J connectivity index is 1.73. The SMILES string of the molecule is CCOc1cc(/C=C2\C(=O)NC(=O)N(c3cccc([N+](=O)[O-])c3)C2=O)cc(Br)c1Cc1cc(C)cc(C)c1. The maximum absolute atomic E-state index is 13.3. The molecule has 9 nitrogen and oxygen atoms in total. The Labute approximate surface area is 227 Å². The summed E-state index contributed by atoms with van der Waals surface area (Å²) in [5.74, 6) is -1.18. The monoisotopic (exact) mass is 577 g/mol. The fourth-order valence-electron chi connectivity index (χ4n) is 4.35. The topological polar surface area (TPSA) is 119 Å². The molecule has 1 fully saturated rings. The van der Waals surface area contributed by atoms with Crippen LogP contribution in [-0.2, 0) is 16.0 Å². The van der Waals surface area contributed by atoms with Gasteiger partial charge < -0.3 is 4.74 Å². The zero-order valence-electron chi connectivity index (χ0n) is 20.9. The maximum atomic E-state index is 13.3. The Morgan fingerprint density at radius 3 is 2.42 bits per heavy atom. The number of carbonyl (C=O) groups is 3. The molecular formula is C28H24BrN3O6. The highest BCUT2D eigenvalue weighted by molar-refractivity contribution is 9.10. The van der Waals surface area contributed by atoms with Gasteiger partial charge in [-0.1, -0.05) is 51.3 Å². The van der Waals surface area contributed by atoms with Gasteiger partial charge >= 0.3 is 6.03 Å². The number of nitrogens with zero attached hydrogens (tertiary/aromatic N) is 2. The Kier molecular flexibility index (Phi) is 7.72. The Bertz CT molecular complexity index is 1490. The minimum Gasteiger partial charge on any atom is -0.494 e. The molecule has 1 heterocycles. The number of urea groups is 1. The van der Waals surface area contributed by atoms with E-state index in [4.69, 9.17) is 4.74 Å². The summed E-state index contributed by atoms with van der Waals surface area (Å²) in [4.78, 5) is 49.6. The lowest BCUT2D eigenvalue weighted by molar-refractivity contribution is -0.384. The van der Waals surface area contributed by atoms with Crippen LogP contribution >= 0.6 is 15.9 Å². The van der Waals surface area contributed by atoms with Gasteiger partial charge in [-0.25, -0.2) is 9.69 Å². The minimum atomic E-state index is -0.988. The number of non-ortho nitro benzene ring substituents is 1. The van der Waals surface area contributed by atoms with Crippen LogP contribution in [0.5, 0.6) is 5.75 Å². The fraction of sp³-hybridized carbons (Fsp3) is 0.179. The number of amides is 4. The van der Waals surface area contributed by atoms with Crippen molar-refractivity contribution in [2.45, 2.75) is 27.2 Å². The molecule has 0 aromatic heterocycles. The number of anilines is 1. The predicted octanol–water partition coefficient (Wildman–Crippen LogP) is 5.63. The van der Waals surface area contributed by atoms with Crippen LogP contribution in [0.3, 0.4) is 0 Å². The predicted molar refractivity (Wildman–Crippen MR) is 146 cm³/mol. The van der Waals surface area contributed by atoms with E-state index in [2.05, 4.69) is 39.4 Å². The van der Waals surface area contributed by atoms with Crippen LogP contribution in [0.1, 0.15) is 34.7 Å². The second kappa shape index (κ2) is 11.0. The molecule has 0 radical (unpaired) electrons. The zero-order valence-corrected chi connectivity index (χ0v) is 22.5. The molecule has 0 spiro atoms. The quantitative estimate of drug-likeness (QED) is 0.168. The zero-order chi connectivity index (χ0) is 27.6. The maximum Gasteiger partial charge on any atom is 0.335 e. The van der Waals surface area contributed by atoms with Crippen molar-refractivity contribution in [3.63, 3.8) is 0 Å². The van der Waals surface area contributed by atoms with Gasteiger partial charge in [-0.2, -0.15) is 0 Å². The van der Waals surface area contributed by atoms with Crippen LogP contribution in [-0.4, -0.2) is 29.4 Å². The molecular weight excluding hydrogens is 554 g/mol. The fourth-order valence-corrected chi connectivity index (χ4v) is 4.95. The summed E-state index contributed by atoms with van der Waals surface area (Å²) in [5, 5.41) is 13.3. The van der Waals surface area contributed by atoms with Gasteiger partial charge in [0, 0.05) is 28.6 Å². The molecule has 0 aliphatic carbocycles. The first-order valence-electron chi connectivity index (χ1n) is 11.8. The number of nitro benzene ring substituents is 1. The molecule has 1 aliphatic rings. The number of rotatable bonds is 7. The van der Waals surface area contributed by atoms with Crippen LogP contribution in [0.15, 0.2) is 64.6 Å². The van der Waals surface area contributed by atoms with Crippen molar-refractivity contribution in [3.05, 3.63) is 103 Å². The lowest BCUT2D eigenvalue weighted by Crippen LogP contribution is -2.54. The van der Waals surface area contributed by atoms with Crippen LogP contribution in [0.4, 0.5) is 16.2 Å². The van der Waals surface area contributed by atoms with E-state index >= 15 is 0 Å². The highest BCUT2D eigenvalue weighted by Crippen LogP contribution is 2.33. The van der Waals surface area contributed by atoms with E-state index in [1.165, 1.54) is 24.3 Å². The molecule has 0 bridgehead atoms. The second-order valence-corrected chi connectivity index (χ2v) is 9.67. The van der Waals surface area contributed by atoms with Gasteiger partial charge in [0.1, 0.15) is 11.3 Å². The smallest absolute Gasteiger partial charge is 0.335 e. The first-order chi connectivity index (χ1) is 18.1. The van der Waals surface area contributed by atoms with Crippen molar-refractivity contribution < 1.29 is 24.0 Å². The number of nitrogens with one attached hydrogen (secondary N) is 1. The van der Waals surface area contributed by atoms with Gasteiger partial charge in [0.2, 0.25) is 0 Å². The van der Waals surface area contributed by atoms with Crippen molar-refractivity contribution in [3.8, 4) is 5.75 Å². The van der Waals surface area contributed by atoms with Crippen LogP contribution in [0, 0.1) is 24.0 Å². The highest BCUT2D eigenvalue weighted by Gasteiger charge is 2.37. The number of imide groups is 2. The van der Waals surface area contributed by atoms with E-state index < -0.39 is 22.8 Å². The average molecular weight is 578 g/mol. The molecule has 194 valence electrons. The third-order valence-corrected chi connectivity index (χ3v) is 6.56. The highest BCUT2D eigenvalue weighted by atomic mass is 79.9. The van der Waals surface area contributed by atoms with Gasteiger partial charge in [-0.05, 0) is 56.2 Å². The van der Waals surface area contributed by atoms with Gasteiger partial charge in [0.25, 0.3) is 17.5 Å². The molecule has 4 amide bonds. The molecule has 0 unspecified atom stereocenters. The van der Waals surface area contributed by atoms with Crippen molar-refractivity contribution in [2.75, 3.05) is 11.5 Å². The summed E-state index contributed by atoms with van der Waals surface area (Å²) in [7, 11) is 0. The van der Waals surface area contributed by atoms with Crippen molar-refractivity contribution >= 4 is 51.2 Å². The van der Waals surface area contributed by atoms with E-state index in [0.717, 1.165) is 32.8 Å². The summed E-state index contributed by atoms with van der Waals surface area (Å²) in [6, 6.07) is 13.9. The Morgan fingerprint density at radius 2 is 1.76 bits per heavy atom. The molecule has 3 aromatic rings. The number of hydrogen-bond donors (Lipinski definition) is 1. The van der Waals surface area contributed by atoms with Gasteiger partial charge in [0.05, 0.1) is 17.2 Å². The third-order valence-electron chi connectivity index (χ3n) is 5.85. The first-order valence-corrected chi connectivity index (χ1v) is 12.5. The summed E-state index contributed by atoms with van der Waals surface area (Å²) in [5.41, 5.74) is 4.20. The molecule has 38 heavy (non-hydrogen) atoms. The number of nitro groups is 1. The summed E-state index contributed by atoms with van der Waals surface area (Å²) >= 11 is 3.61. The van der Waals surface area contributed by atoms with Crippen LogP contribution < -0.4 is 15.0 Å². The van der Waals surface area contributed by atoms with Crippen molar-refractivity contribution in [1.29, 1.82) is 0 Å². The van der Waals surface area contributed by atoms with E-state index in [1.54, 1.807) is 12.1 Å². The second-order valence-electron chi connectivity index (χ2n) is 8.82. The average Bonchev–Trinajstić information content (AvgIpc) is 2.83. The van der Waals surface area contributed by atoms with E-state index in [-0.39, 0.29) is 16.9 Å².